The van der Waals surface area contributed by atoms with E-state index >= 15 is 0 Å². The van der Waals surface area contributed by atoms with E-state index in [-0.39, 0.29) is 23.9 Å². The van der Waals surface area contributed by atoms with Crippen LogP contribution in [0, 0.1) is 23.7 Å². The number of hydrogen-bond acceptors (Lipinski definition) is 3. The van der Waals surface area contributed by atoms with Crippen LogP contribution in [0.4, 0.5) is 0 Å². The van der Waals surface area contributed by atoms with Crippen LogP contribution in [0.2, 0.25) is 0 Å². The lowest BCUT2D eigenvalue weighted by atomic mass is 9.86. The van der Waals surface area contributed by atoms with Crippen LogP contribution in [-0.2, 0) is 6.42 Å². The molecule has 1 heterocycles. The average Bonchev–Trinajstić information content (AvgIpc) is 3.12. The van der Waals surface area contributed by atoms with Gasteiger partial charge >= 0.3 is 0 Å². The van der Waals surface area contributed by atoms with Crippen LogP contribution in [0.25, 0.3) is 0 Å². The minimum absolute atomic E-state index is 0.0162. The number of rotatable bonds is 5. The Morgan fingerprint density at radius 3 is 2.92 bits per heavy atom. The monoisotopic (exact) mass is 340 g/mol. The molecule has 1 aliphatic carbocycles. The number of aliphatic hydroxyl groups excluding tert-OH is 2. The van der Waals surface area contributed by atoms with Crippen LogP contribution in [0.1, 0.15) is 50.7 Å². The lowest BCUT2D eigenvalue weighted by Gasteiger charge is -2.19. The van der Waals surface area contributed by atoms with Crippen molar-refractivity contribution >= 4 is 0 Å². The molecule has 2 N–H and O–H groups in total. The van der Waals surface area contributed by atoms with Gasteiger partial charge in [0.05, 0.1) is 12.2 Å². The van der Waals surface area contributed by atoms with Crippen molar-refractivity contribution in [2.45, 2.75) is 64.3 Å². The van der Waals surface area contributed by atoms with Crippen LogP contribution in [0.5, 0.6) is 5.75 Å². The maximum Gasteiger partial charge on any atom is 0.126 e. The van der Waals surface area contributed by atoms with E-state index < -0.39 is 12.2 Å². The van der Waals surface area contributed by atoms with Gasteiger partial charge in [0.25, 0.3) is 0 Å². The molecule has 0 spiro atoms. The molecule has 0 saturated heterocycles. The highest BCUT2D eigenvalue weighted by Gasteiger charge is 2.48. The zero-order valence-electron chi connectivity index (χ0n) is 15.3. The third-order valence-electron chi connectivity index (χ3n) is 5.58. The molecule has 1 saturated carbocycles. The summed E-state index contributed by atoms with van der Waals surface area (Å²) in [4.78, 5) is 0. The lowest BCUT2D eigenvalue weighted by Crippen LogP contribution is -2.19. The normalized spacial score (nSPS) is 29.5. The summed E-state index contributed by atoms with van der Waals surface area (Å²) >= 11 is 0. The number of benzene rings is 1. The van der Waals surface area contributed by atoms with Gasteiger partial charge in [-0.15, -0.1) is 11.8 Å². The minimum Gasteiger partial charge on any atom is -0.489 e. The van der Waals surface area contributed by atoms with Crippen molar-refractivity contribution in [3.05, 3.63) is 41.5 Å². The third kappa shape index (κ3) is 3.47. The highest BCUT2D eigenvalue weighted by atomic mass is 16.5. The highest BCUT2D eigenvalue weighted by Crippen LogP contribution is 2.51. The molecule has 6 atom stereocenters. The summed E-state index contributed by atoms with van der Waals surface area (Å²) in [6, 6.07) is 6.31. The van der Waals surface area contributed by atoms with Crippen molar-refractivity contribution in [2.24, 2.45) is 11.8 Å². The molecule has 3 nitrogen and oxygen atoms in total. The first-order chi connectivity index (χ1) is 12.1. The summed E-state index contributed by atoms with van der Waals surface area (Å²) in [5.41, 5.74) is 2.44. The van der Waals surface area contributed by atoms with Crippen LogP contribution in [-0.4, -0.2) is 28.5 Å². The van der Waals surface area contributed by atoms with Crippen molar-refractivity contribution in [1.82, 2.24) is 0 Å². The van der Waals surface area contributed by atoms with E-state index in [0.29, 0.717) is 12.8 Å². The summed E-state index contributed by atoms with van der Waals surface area (Å²) in [5.74, 6) is 7.13. The predicted octanol–water partition coefficient (Wildman–Crippen LogP) is 3.44. The molecule has 0 bridgehead atoms. The van der Waals surface area contributed by atoms with Gasteiger partial charge in [0.15, 0.2) is 0 Å². The quantitative estimate of drug-likeness (QED) is 0.638. The summed E-state index contributed by atoms with van der Waals surface area (Å²) < 4.78 is 6.19. The Hall–Kier alpha value is -1.76. The Balaban J connectivity index is 1.79. The SMILES string of the molecule is CC#CC[C@@H](C)[C@@H](O)C=C[C@H]1C2c3cccc(CC)c3O[C@@H]2C[C@@H]1O. The Labute approximate surface area is 150 Å². The lowest BCUT2D eigenvalue weighted by molar-refractivity contribution is 0.134. The first kappa shape index (κ1) is 18.0. The zero-order chi connectivity index (χ0) is 18.0. The molecule has 0 aromatic heterocycles. The van der Waals surface area contributed by atoms with Gasteiger partial charge in [0.2, 0.25) is 0 Å². The van der Waals surface area contributed by atoms with E-state index in [2.05, 4.69) is 37.0 Å². The number of aryl methyl sites for hydroxylation is 1. The molecule has 3 heteroatoms. The molecular formula is C22H28O3. The van der Waals surface area contributed by atoms with Crippen LogP contribution < -0.4 is 4.74 Å². The Morgan fingerprint density at radius 2 is 2.20 bits per heavy atom. The molecule has 2 aliphatic rings. The van der Waals surface area contributed by atoms with Crippen molar-refractivity contribution in [3.8, 4) is 17.6 Å². The number of para-hydroxylation sites is 1. The third-order valence-corrected chi connectivity index (χ3v) is 5.58. The fourth-order valence-electron chi connectivity index (χ4n) is 4.06. The molecule has 0 radical (unpaired) electrons. The van der Waals surface area contributed by atoms with Gasteiger partial charge in [-0.1, -0.05) is 44.2 Å². The Bertz CT molecular complexity index is 697. The maximum atomic E-state index is 10.5. The van der Waals surface area contributed by atoms with Gasteiger partial charge in [-0.05, 0) is 24.8 Å². The molecule has 1 aromatic carbocycles. The molecule has 0 amide bonds. The molecular weight excluding hydrogens is 312 g/mol. The maximum absolute atomic E-state index is 10.5. The van der Waals surface area contributed by atoms with Crippen molar-refractivity contribution in [3.63, 3.8) is 0 Å². The standard InChI is InChI=1S/C22H28O3/c1-4-6-8-14(3)18(23)12-11-16-19(24)13-20-21(16)17-10-7-9-15(5-2)22(17)25-20/h7,9-12,14,16,18-21,23-24H,5,8,13H2,1-3H3/t14-,16-,18+,19+,20-,21?/m1/s1. The van der Waals surface area contributed by atoms with E-state index in [1.54, 1.807) is 0 Å². The Morgan fingerprint density at radius 1 is 1.40 bits per heavy atom. The first-order valence-corrected chi connectivity index (χ1v) is 9.29. The second kappa shape index (κ2) is 7.64. The molecule has 134 valence electrons. The Kier molecular flexibility index (Phi) is 5.51. The topological polar surface area (TPSA) is 49.7 Å². The van der Waals surface area contributed by atoms with Gasteiger partial charge < -0.3 is 14.9 Å². The number of aliphatic hydroxyl groups is 2. The fourth-order valence-corrected chi connectivity index (χ4v) is 4.06. The fraction of sp³-hybridized carbons (Fsp3) is 0.545. The first-order valence-electron chi connectivity index (χ1n) is 9.29. The van der Waals surface area contributed by atoms with Crippen molar-refractivity contribution in [2.75, 3.05) is 0 Å². The average molecular weight is 340 g/mol. The van der Waals surface area contributed by atoms with Gasteiger partial charge in [-0.3, -0.25) is 0 Å². The molecule has 1 aliphatic heterocycles. The summed E-state index contributed by atoms with van der Waals surface area (Å²) in [5, 5.41) is 20.8. The number of fused-ring (bicyclic) bond motifs is 3. The van der Waals surface area contributed by atoms with Crippen LogP contribution in [0.15, 0.2) is 30.4 Å². The van der Waals surface area contributed by atoms with Crippen molar-refractivity contribution < 1.29 is 14.9 Å². The summed E-state index contributed by atoms with van der Waals surface area (Å²) in [6.45, 7) is 5.94. The van der Waals surface area contributed by atoms with E-state index in [1.165, 1.54) is 11.1 Å². The molecule has 3 rings (SSSR count). The van der Waals surface area contributed by atoms with Crippen molar-refractivity contribution in [1.29, 1.82) is 0 Å². The van der Waals surface area contributed by atoms with Gasteiger partial charge in [-0.2, -0.15) is 0 Å². The van der Waals surface area contributed by atoms with E-state index in [0.717, 1.165) is 12.2 Å². The number of ether oxygens (including phenoxy) is 1. The molecule has 1 fully saturated rings. The van der Waals surface area contributed by atoms with E-state index in [1.807, 2.05) is 26.0 Å². The summed E-state index contributed by atoms with van der Waals surface area (Å²) in [6.07, 6.45) is 5.15. The van der Waals surface area contributed by atoms with Gasteiger partial charge in [0, 0.05) is 30.2 Å². The number of hydrogen-bond donors (Lipinski definition) is 2. The van der Waals surface area contributed by atoms with Gasteiger partial charge in [-0.25, -0.2) is 0 Å². The second-order valence-corrected chi connectivity index (χ2v) is 7.24. The molecule has 1 unspecified atom stereocenters. The molecule has 25 heavy (non-hydrogen) atoms. The minimum atomic E-state index is -0.545. The zero-order valence-corrected chi connectivity index (χ0v) is 15.3. The summed E-state index contributed by atoms with van der Waals surface area (Å²) in [7, 11) is 0. The van der Waals surface area contributed by atoms with E-state index in [9.17, 15) is 10.2 Å². The largest absolute Gasteiger partial charge is 0.489 e. The smallest absolute Gasteiger partial charge is 0.126 e. The molecule has 1 aromatic rings. The second-order valence-electron chi connectivity index (χ2n) is 7.24. The van der Waals surface area contributed by atoms with Gasteiger partial charge in [0.1, 0.15) is 11.9 Å². The van der Waals surface area contributed by atoms with Crippen LogP contribution in [0.3, 0.4) is 0 Å². The highest BCUT2D eigenvalue weighted by molar-refractivity contribution is 5.49. The van der Waals surface area contributed by atoms with Crippen LogP contribution >= 0.6 is 0 Å². The van der Waals surface area contributed by atoms with E-state index in [4.69, 9.17) is 4.74 Å². The predicted molar refractivity (Wildman–Crippen MR) is 99.5 cm³/mol.